The number of hydrogen-bond acceptors (Lipinski definition) is 5. The highest BCUT2D eigenvalue weighted by atomic mass is 16.5. The van der Waals surface area contributed by atoms with Crippen molar-refractivity contribution in [1.29, 1.82) is 0 Å². The van der Waals surface area contributed by atoms with Crippen LogP contribution in [-0.4, -0.2) is 55.7 Å². The van der Waals surface area contributed by atoms with E-state index in [9.17, 15) is 9.59 Å². The number of pyridine rings is 1. The SMILES string of the molecule is COc1ccc(C(CNC(=O)c2ccc[nH]c2=O)N2CCOCC2)cc1. The van der Waals surface area contributed by atoms with Gasteiger partial charge >= 0.3 is 0 Å². The Labute approximate surface area is 151 Å². The lowest BCUT2D eigenvalue weighted by Crippen LogP contribution is -2.44. The quantitative estimate of drug-likeness (QED) is 0.811. The number of aromatic amines is 1. The molecule has 7 heteroatoms. The molecular formula is C19H23N3O4. The highest BCUT2D eigenvalue weighted by Gasteiger charge is 2.23. The molecule has 1 atom stereocenters. The third kappa shape index (κ3) is 4.30. The Morgan fingerprint density at radius 3 is 2.65 bits per heavy atom. The molecule has 1 amide bonds. The summed E-state index contributed by atoms with van der Waals surface area (Å²) in [6, 6.07) is 11.0. The highest BCUT2D eigenvalue weighted by Crippen LogP contribution is 2.23. The Hall–Kier alpha value is -2.64. The monoisotopic (exact) mass is 357 g/mol. The van der Waals surface area contributed by atoms with E-state index >= 15 is 0 Å². The number of rotatable bonds is 6. The average Bonchev–Trinajstić information content (AvgIpc) is 2.69. The molecule has 0 aliphatic carbocycles. The van der Waals surface area contributed by atoms with Crippen LogP contribution in [0.4, 0.5) is 0 Å². The van der Waals surface area contributed by atoms with Gasteiger partial charge in [-0.3, -0.25) is 14.5 Å². The molecule has 1 aromatic heterocycles. The Kier molecular flexibility index (Phi) is 6.04. The van der Waals surface area contributed by atoms with Gasteiger partial charge in [-0.05, 0) is 29.8 Å². The summed E-state index contributed by atoms with van der Waals surface area (Å²) in [5.74, 6) is 0.410. The number of benzene rings is 1. The number of carbonyl (C=O) groups is 1. The predicted molar refractivity (Wildman–Crippen MR) is 97.5 cm³/mol. The van der Waals surface area contributed by atoms with E-state index in [-0.39, 0.29) is 17.5 Å². The smallest absolute Gasteiger partial charge is 0.260 e. The minimum atomic E-state index is -0.391. The Bertz CT molecular complexity index is 782. The maximum atomic E-state index is 12.4. The van der Waals surface area contributed by atoms with Gasteiger partial charge in [0.05, 0.1) is 26.4 Å². The first kappa shape index (κ1) is 18.2. The van der Waals surface area contributed by atoms with Crippen molar-refractivity contribution < 1.29 is 14.3 Å². The number of aromatic nitrogens is 1. The molecule has 0 spiro atoms. The molecule has 0 radical (unpaired) electrons. The number of amides is 1. The molecule has 1 fully saturated rings. The molecule has 0 bridgehead atoms. The molecule has 26 heavy (non-hydrogen) atoms. The van der Waals surface area contributed by atoms with Crippen molar-refractivity contribution in [3.8, 4) is 5.75 Å². The fourth-order valence-corrected chi connectivity index (χ4v) is 3.06. The first-order valence-corrected chi connectivity index (χ1v) is 8.60. The third-order valence-electron chi connectivity index (χ3n) is 4.51. The summed E-state index contributed by atoms with van der Waals surface area (Å²) in [5, 5.41) is 2.89. The van der Waals surface area contributed by atoms with Gasteiger partial charge in [0.25, 0.3) is 11.5 Å². The van der Waals surface area contributed by atoms with Crippen molar-refractivity contribution in [2.24, 2.45) is 0 Å². The zero-order valence-electron chi connectivity index (χ0n) is 14.7. The topological polar surface area (TPSA) is 83.7 Å². The van der Waals surface area contributed by atoms with Crippen LogP contribution in [0.3, 0.4) is 0 Å². The van der Waals surface area contributed by atoms with E-state index in [2.05, 4.69) is 15.2 Å². The normalized spacial score (nSPS) is 16.0. The van der Waals surface area contributed by atoms with E-state index in [0.717, 1.165) is 24.4 Å². The van der Waals surface area contributed by atoms with Gasteiger partial charge in [-0.25, -0.2) is 0 Å². The van der Waals surface area contributed by atoms with Crippen molar-refractivity contribution in [3.05, 3.63) is 64.1 Å². The van der Waals surface area contributed by atoms with E-state index in [1.807, 2.05) is 24.3 Å². The summed E-state index contributed by atoms with van der Waals surface area (Å²) in [4.78, 5) is 29.0. The van der Waals surface area contributed by atoms with Gasteiger partial charge in [0, 0.05) is 25.8 Å². The summed E-state index contributed by atoms with van der Waals surface area (Å²) in [5.41, 5.74) is 0.801. The zero-order valence-corrected chi connectivity index (χ0v) is 14.7. The van der Waals surface area contributed by atoms with E-state index in [4.69, 9.17) is 9.47 Å². The lowest BCUT2D eigenvalue weighted by atomic mass is 10.0. The van der Waals surface area contributed by atoms with Crippen LogP contribution in [0.1, 0.15) is 22.0 Å². The number of hydrogen-bond donors (Lipinski definition) is 2. The van der Waals surface area contributed by atoms with Gasteiger partial charge in [0.1, 0.15) is 11.3 Å². The molecule has 2 heterocycles. The fraction of sp³-hybridized carbons (Fsp3) is 0.368. The largest absolute Gasteiger partial charge is 0.497 e. The highest BCUT2D eigenvalue weighted by molar-refractivity contribution is 5.93. The summed E-state index contributed by atoms with van der Waals surface area (Å²) in [6.07, 6.45) is 1.51. The van der Waals surface area contributed by atoms with Crippen LogP contribution in [-0.2, 0) is 4.74 Å². The van der Waals surface area contributed by atoms with Gasteiger partial charge in [-0.15, -0.1) is 0 Å². The van der Waals surface area contributed by atoms with Crippen molar-refractivity contribution in [2.45, 2.75) is 6.04 Å². The van der Waals surface area contributed by atoms with Crippen LogP contribution in [0.5, 0.6) is 5.75 Å². The van der Waals surface area contributed by atoms with Crippen LogP contribution >= 0.6 is 0 Å². The number of methoxy groups -OCH3 is 1. The average molecular weight is 357 g/mol. The minimum Gasteiger partial charge on any atom is -0.497 e. The number of morpholine rings is 1. The second-order valence-corrected chi connectivity index (χ2v) is 6.06. The molecule has 1 aliphatic heterocycles. The molecule has 7 nitrogen and oxygen atoms in total. The van der Waals surface area contributed by atoms with Gasteiger partial charge in [0.2, 0.25) is 0 Å². The maximum Gasteiger partial charge on any atom is 0.260 e. The molecule has 0 saturated carbocycles. The zero-order chi connectivity index (χ0) is 18.4. The van der Waals surface area contributed by atoms with E-state index < -0.39 is 5.56 Å². The van der Waals surface area contributed by atoms with Crippen LogP contribution < -0.4 is 15.6 Å². The second kappa shape index (κ2) is 8.64. The van der Waals surface area contributed by atoms with E-state index in [1.54, 1.807) is 13.2 Å². The molecule has 2 aromatic rings. The second-order valence-electron chi connectivity index (χ2n) is 6.06. The first-order valence-electron chi connectivity index (χ1n) is 8.60. The molecule has 138 valence electrons. The van der Waals surface area contributed by atoms with Crippen LogP contribution in [0, 0.1) is 0 Å². The van der Waals surface area contributed by atoms with Gasteiger partial charge in [-0.2, -0.15) is 0 Å². The van der Waals surface area contributed by atoms with Crippen molar-refractivity contribution in [3.63, 3.8) is 0 Å². The van der Waals surface area contributed by atoms with E-state index in [0.29, 0.717) is 19.8 Å². The molecule has 3 rings (SSSR count). The Morgan fingerprint density at radius 1 is 1.27 bits per heavy atom. The molecule has 1 unspecified atom stereocenters. The summed E-state index contributed by atoms with van der Waals surface area (Å²) < 4.78 is 10.7. The predicted octanol–water partition coefficient (Wildman–Crippen LogP) is 1.19. The van der Waals surface area contributed by atoms with Crippen LogP contribution in [0.25, 0.3) is 0 Å². The lowest BCUT2D eigenvalue weighted by Gasteiger charge is -2.35. The van der Waals surface area contributed by atoms with E-state index in [1.165, 1.54) is 12.3 Å². The number of carbonyl (C=O) groups excluding carboxylic acids is 1. The molecule has 1 aromatic carbocycles. The van der Waals surface area contributed by atoms with Gasteiger partial charge < -0.3 is 19.8 Å². The molecule has 2 N–H and O–H groups in total. The van der Waals surface area contributed by atoms with Gasteiger partial charge in [-0.1, -0.05) is 12.1 Å². The standard InChI is InChI=1S/C19H23N3O4/c1-25-15-6-4-14(5-7-15)17(22-9-11-26-12-10-22)13-21-19(24)16-3-2-8-20-18(16)23/h2-8,17H,9-13H2,1H3,(H,20,23)(H,21,24). The van der Waals surface area contributed by atoms with Crippen molar-refractivity contribution >= 4 is 5.91 Å². The number of ether oxygens (including phenoxy) is 2. The van der Waals surface area contributed by atoms with Crippen molar-refractivity contribution in [2.75, 3.05) is 40.0 Å². The lowest BCUT2D eigenvalue weighted by molar-refractivity contribution is 0.0162. The molecule has 1 saturated heterocycles. The Balaban J connectivity index is 1.75. The van der Waals surface area contributed by atoms with Gasteiger partial charge in [0.15, 0.2) is 0 Å². The number of nitrogens with zero attached hydrogens (tertiary/aromatic N) is 1. The third-order valence-corrected chi connectivity index (χ3v) is 4.51. The summed E-state index contributed by atoms with van der Waals surface area (Å²) in [6.45, 7) is 3.31. The summed E-state index contributed by atoms with van der Waals surface area (Å²) >= 11 is 0. The van der Waals surface area contributed by atoms with Crippen molar-refractivity contribution in [1.82, 2.24) is 15.2 Å². The molecular weight excluding hydrogens is 334 g/mol. The van der Waals surface area contributed by atoms with Crippen LogP contribution in [0.15, 0.2) is 47.4 Å². The Morgan fingerprint density at radius 2 is 2.00 bits per heavy atom. The summed E-state index contributed by atoms with van der Waals surface area (Å²) in [7, 11) is 1.63. The number of H-pyrrole nitrogens is 1. The van der Waals surface area contributed by atoms with Crippen LogP contribution in [0.2, 0.25) is 0 Å². The first-order chi connectivity index (χ1) is 12.7. The molecule has 1 aliphatic rings. The maximum absolute atomic E-state index is 12.4. The fourth-order valence-electron chi connectivity index (χ4n) is 3.06. The minimum absolute atomic E-state index is 0.00319. The number of nitrogens with one attached hydrogen (secondary N) is 2.